The number of hydrogen-bond acceptors (Lipinski definition) is 4. The van der Waals surface area contributed by atoms with Crippen LogP contribution in [0.1, 0.15) is 11.1 Å². The molecular formula is C14H9ClFN3O2. The molecule has 0 aliphatic carbocycles. The molecule has 0 saturated heterocycles. The van der Waals surface area contributed by atoms with Crippen molar-refractivity contribution in [3.8, 4) is 6.07 Å². The summed E-state index contributed by atoms with van der Waals surface area (Å²) in [6.45, 7) is 0.205. The lowest BCUT2D eigenvalue weighted by Crippen LogP contribution is -2.03. The first-order valence-corrected chi connectivity index (χ1v) is 6.25. The first-order valence-electron chi connectivity index (χ1n) is 5.87. The number of nitrogens with one attached hydrogen (secondary N) is 1. The number of anilines is 1. The molecular weight excluding hydrogens is 297 g/mol. The first kappa shape index (κ1) is 14.8. The molecule has 106 valence electrons. The van der Waals surface area contributed by atoms with Crippen LogP contribution in [0.25, 0.3) is 0 Å². The lowest BCUT2D eigenvalue weighted by Gasteiger charge is -2.08. The van der Waals surface area contributed by atoms with Crippen LogP contribution in [-0.4, -0.2) is 4.92 Å². The molecule has 0 bridgehead atoms. The van der Waals surface area contributed by atoms with E-state index >= 15 is 0 Å². The molecule has 0 heterocycles. The molecule has 2 rings (SSSR count). The summed E-state index contributed by atoms with van der Waals surface area (Å²) in [6.07, 6.45) is 0. The normalized spacial score (nSPS) is 9.95. The largest absolute Gasteiger partial charge is 0.375 e. The summed E-state index contributed by atoms with van der Waals surface area (Å²) in [4.78, 5) is 10.4. The zero-order valence-electron chi connectivity index (χ0n) is 10.6. The number of hydrogen-bond donors (Lipinski definition) is 1. The van der Waals surface area contributed by atoms with Gasteiger partial charge >= 0.3 is 0 Å². The lowest BCUT2D eigenvalue weighted by atomic mass is 10.1. The van der Waals surface area contributed by atoms with Gasteiger partial charge in [0, 0.05) is 17.6 Å². The number of benzene rings is 2. The summed E-state index contributed by atoms with van der Waals surface area (Å²) in [5, 5.41) is 22.9. The van der Waals surface area contributed by atoms with Crippen molar-refractivity contribution in [1.29, 1.82) is 5.26 Å². The molecule has 21 heavy (non-hydrogen) atoms. The predicted octanol–water partition coefficient (Wildman–Crippen LogP) is 3.87. The van der Waals surface area contributed by atoms with Gasteiger partial charge in [0.1, 0.15) is 17.6 Å². The summed E-state index contributed by atoms with van der Waals surface area (Å²) in [5.74, 6) is -0.602. The van der Waals surface area contributed by atoms with E-state index in [4.69, 9.17) is 16.9 Å². The lowest BCUT2D eigenvalue weighted by molar-refractivity contribution is -0.384. The summed E-state index contributed by atoms with van der Waals surface area (Å²) in [6, 6.07) is 9.98. The number of nitriles is 1. The van der Waals surface area contributed by atoms with Crippen molar-refractivity contribution >= 4 is 23.0 Å². The maximum atomic E-state index is 13.2. The third-order valence-corrected chi connectivity index (χ3v) is 3.02. The fourth-order valence-corrected chi connectivity index (χ4v) is 1.95. The molecule has 1 N–H and O–H groups in total. The molecule has 0 fully saturated rings. The van der Waals surface area contributed by atoms with E-state index in [1.54, 1.807) is 6.07 Å². The van der Waals surface area contributed by atoms with Crippen molar-refractivity contribution in [2.45, 2.75) is 6.54 Å². The molecule has 0 unspecified atom stereocenters. The second-order valence-electron chi connectivity index (χ2n) is 4.20. The summed E-state index contributed by atoms with van der Waals surface area (Å²) in [7, 11) is 0. The van der Waals surface area contributed by atoms with Gasteiger partial charge in [0.15, 0.2) is 0 Å². The van der Waals surface area contributed by atoms with Crippen molar-refractivity contribution < 1.29 is 9.31 Å². The minimum atomic E-state index is -0.602. The van der Waals surface area contributed by atoms with Gasteiger partial charge in [-0.1, -0.05) is 17.7 Å². The van der Waals surface area contributed by atoms with Crippen molar-refractivity contribution in [3.05, 3.63) is 68.5 Å². The van der Waals surface area contributed by atoms with Crippen molar-refractivity contribution in [2.75, 3.05) is 5.32 Å². The molecule has 0 spiro atoms. The average molecular weight is 306 g/mol. The van der Waals surface area contributed by atoms with Gasteiger partial charge in [-0.05, 0) is 29.8 Å². The Morgan fingerprint density at radius 1 is 1.33 bits per heavy atom. The van der Waals surface area contributed by atoms with Gasteiger partial charge in [-0.25, -0.2) is 4.39 Å². The maximum absolute atomic E-state index is 13.2. The molecule has 0 aromatic heterocycles. The zero-order chi connectivity index (χ0) is 15.4. The molecule has 2 aromatic rings. The molecule has 0 aliphatic heterocycles. The number of nitrogens with zero attached hydrogens (tertiary/aromatic N) is 2. The number of nitro groups is 1. The highest BCUT2D eigenvalue weighted by molar-refractivity contribution is 6.31. The first-order chi connectivity index (χ1) is 10.0. The van der Waals surface area contributed by atoms with Crippen LogP contribution in [0.2, 0.25) is 5.02 Å². The van der Waals surface area contributed by atoms with Gasteiger partial charge in [0.05, 0.1) is 10.5 Å². The van der Waals surface area contributed by atoms with Crippen molar-refractivity contribution in [1.82, 2.24) is 0 Å². The number of rotatable bonds is 4. The van der Waals surface area contributed by atoms with Gasteiger partial charge in [-0.2, -0.15) is 5.26 Å². The Bertz CT molecular complexity index is 743. The van der Waals surface area contributed by atoms with Crippen LogP contribution in [0.3, 0.4) is 0 Å². The van der Waals surface area contributed by atoms with E-state index in [1.165, 1.54) is 36.4 Å². The molecule has 0 saturated carbocycles. The Morgan fingerprint density at radius 3 is 2.76 bits per heavy atom. The summed E-state index contributed by atoms with van der Waals surface area (Å²) < 4.78 is 13.2. The van der Waals surface area contributed by atoms with Crippen LogP contribution in [0.4, 0.5) is 15.8 Å². The van der Waals surface area contributed by atoms with E-state index in [2.05, 4.69) is 5.32 Å². The molecule has 2 aromatic carbocycles. The zero-order valence-corrected chi connectivity index (χ0v) is 11.4. The Kier molecular flexibility index (Phi) is 4.36. The topological polar surface area (TPSA) is 79.0 Å². The Morgan fingerprint density at radius 2 is 2.10 bits per heavy atom. The van der Waals surface area contributed by atoms with Gasteiger partial charge in [0.2, 0.25) is 0 Å². The number of halogens is 2. The fraction of sp³-hybridized carbons (Fsp3) is 0.0714. The predicted molar refractivity (Wildman–Crippen MR) is 76.5 cm³/mol. The van der Waals surface area contributed by atoms with Crippen LogP contribution in [0.5, 0.6) is 0 Å². The SMILES string of the molecule is N#Cc1cc(CNc2cc(Cl)ccc2[N+](=O)[O-])ccc1F. The summed E-state index contributed by atoms with van der Waals surface area (Å²) in [5.41, 5.74) is 0.703. The van der Waals surface area contributed by atoms with Gasteiger partial charge in [-0.3, -0.25) is 10.1 Å². The molecule has 0 aliphatic rings. The fourth-order valence-electron chi connectivity index (χ4n) is 1.77. The average Bonchev–Trinajstić information content (AvgIpc) is 2.46. The highest BCUT2D eigenvalue weighted by Gasteiger charge is 2.13. The minimum Gasteiger partial charge on any atom is -0.375 e. The van der Waals surface area contributed by atoms with Crippen molar-refractivity contribution in [2.24, 2.45) is 0 Å². The van der Waals surface area contributed by atoms with Gasteiger partial charge in [-0.15, -0.1) is 0 Å². The molecule has 0 amide bonds. The second kappa shape index (κ2) is 6.20. The van der Waals surface area contributed by atoms with E-state index in [1.807, 2.05) is 0 Å². The molecule has 0 radical (unpaired) electrons. The van der Waals surface area contributed by atoms with E-state index in [9.17, 15) is 14.5 Å². The second-order valence-corrected chi connectivity index (χ2v) is 4.63. The van der Waals surface area contributed by atoms with Gasteiger partial charge < -0.3 is 5.32 Å². The highest BCUT2D eigenvalue weighted by atomic mass is 35.5. The number of nitro benzene ring substituents is 1. The monoisotopic (exact) mass is 305 g/mol. The Labute approximate surface area is 124 Å². The molecule has 7 heteroatoms. The maximum Gasteiger partial charge on any atom is 0.292 e. The standard InChI is InChI=1S/C14H9ClFN3O2/c15-11-2-4-14(19(20)21)13(6-11)18-8-9-1-3-12(16)10(5-9)7-17/h1-6,18H,8H2. The smallest absolute Gasteiger partial charge is 0.292 e. The van der Waals surface area contributed by atoms with Crippen LogP contribution in [0.15, 0.2) is 36.4 Å². The Hall–Kier alpha value is -2.65. The van der Waals surface area contributed by atoms with Crippen LogP contribution >= 0.6 is 11.6 Å². The van der Waals surface area contributed by atoms with E-state index in [-0.39, 0.29) is 23.5 Å². The van der Waals surface area contributed by atoms with Crippen LogP contribution in [0, 0.1) is 27.3 Å². The van der Waals surface area contributed by atoms with Crippen LogP contribution < -0.4 is 5.32 Å². The van der Waals surface area contributed by atoms with Gasteiger partial charge in [0.25, 0.3) is 5.69 Å². The van der Waals surface area contributed by atoms with Crippen molar-refractivity contribution in [3.63, 3.8) is 0 Å². The molecule has 5 nitrogen and oxygen atoms in total. The van der Waals surface area contributed by atoms with E-state index in [0.717, 1.165) is 0 Å². The van der Waals surface area contributed by atoms with Crippen LogP contribution in [-0.2, 0) is 6.54 Å². The minimum absolute atomic E-state index is 0.0742. The quantitative estimate of drug-likeness (QED) is 0.687. The molecule has 0 atom stereocenters. The highest BCUT2D eigenvalue weighted by Crippen LogP contribution is 2.28. The van der Waals surface area contributed by atoms with E-state index < -0.39 is 10.7 Å². The third kappa shape index (κ3) is 3.46. The summed E-state index contributed by atoms with van der Waals surface area (Å²) >= 11 is 5.82. The third-order valence-electron chi connectivity index (χ3n) is 2.79. The van der Waals surface area contributed by atoms with E-state index in [0.29, 0.717) is 10.6 Å². The Balaban J connectivity index is 2.22.